The highest BCUT2D eigenvalue weighted by Crippen LogP contribution is 2.30. The average molecular weight is 491 g/mol. The summed E-state index contributed by atoms with van der Waals surface area (Å²) in [5.74, 6) is 1.13. The Morgan fingerprint density at radius 1 is 1.06 bits per heavy atom. The minimum absolute atomic E-state index is 0.00513. The molecule has 9 nitrogen and oxygen atoms in total. The molecule has 1 saturated heterocycles. The van der Waals surface area contributed by atoms with Gasteiger partial charge in [-0.1, -0.05) is 12.8 Å². The molecule has 5 rings (SSSR count). The second-order valence-corrected chi connectivity index (χ2v) is 10.5. The summed E-state index contributed by atoms with van der Waals surface area (Å²) in [5, 5.41) is 7.68. The Hall–Kier alpha value is -3.04. The highest BCUT2D eigenvalue weighted by molar-refractivity contribution is 5.75. The SMILES string of the molecule is CC1CN(CCCN(C)c2ccc(Nc3ncc4ccc(=O)n(C5CCCC5)c4n3)nc2)CC(C)N1. The van der Waals surface area contributed by atoms with E-state index in [0.717, 1.165) is 69.4 Å². The van der Waals surface area contributed by atoms with Gasteiger partial charge in [-0.3, -0.25) is 9.36 Å². The summed E-state index contributed by atoms with van der Waals surface area (Å²) in [4.78, 5) is 31.2. The van der Waals surface area contributed by atoms with Crippen molar-refractivity contribution in [1.29, 1.82) is 0 Å². The number of hydrogen-bond acceptors (Lipinski definition) is 8. The third kappa shape index (κ3) is 5.68. The van der Waals surface area contributed by atoms with Gasteiger partial charge in [0, 0.05) is 62.5 Å². The van der Waals surface area contributed by atoms with E-state index in [2.05, 4.69) is 57.4 Å². The van der Waals surface area contributed by atoms with Gasteiger partial charge in [0.2, 0.25) is 5.95 Å². The second-order valence-electron chi connectivity index (χ2n) is 10.5. The van der Waals surface area contributed by atoms with Crippen LogP contribution in [0.15, 0.2) is 41.5 Å². The van der Waals surface area contributed by atoms with Crippen LogP contribution in [0.4, 0.5) is 17.5 Å². The highest BCUT2D eigenvalue weighted by atomic mass is 16.1. The number of anilines is 3. The van der Waals surface area contributed by atoms with Crippen molar-refractivity contribution < 1.29 is 0 Å². The number of nitrogens with one attached hydrogen (secondary N) is 2. The maximum atomic E-state index is 12.6. The summed E-state index contributed by atoms with van der Waals surface area (Å²) in [5.41, 5.74) is 1.78. The summed E-state index contributed by atoms with van der Waals surface area (Å²) in [6.07, 6.45) is 9.13. The van der Waals surface area contributed by atoms with E-state index in [1.54, 1.807) is 18.3 Å². The summed E-state index contributed by atoms with van der Waals surface area (Å²) in [6, 6.07) is 8.77. The zero-order chi connectivity index (χ0) is 25.1. The lowest BCUT2D eigenvalue weighted by atomic mass is 10.1. The van der Waals surface area contributed by atoms with E-state index in [1.807, 2.05) is 16.8 Å². The Bertz CT molecular complexity index is 1210. The molecule has 0 radical (unpaired) electrons. The van der Waals surface area contributed by atoms with Crippen LogP contribution in [-0.2, 0) is 0 Å². The molecule has 2 aliphatic rings. The molecule has 1 aliphatic carbocycles. The predicted octanol–water partition coefficient (Wildman–Crippen LogP) is 3.55. The smallest absolute Gasteiger partial charge is 0.252 e. The number of fused-ring (bicyclic) bond motifs is 1. The van der Waals surface area contributed by atoms with Crippen LogP contribution < -0.4 is 21.1 Å². The Morgan fingerprint density at radius 2 is 1.83 bits per heavy atom. The van der Waals surface area contributed by atoms with Crippen LogP contribution in [0, 0.1) is 0 Å². The summed E-state index contributed by atoms with van der Waals surface area (Å²) in [7, 11) is 2.11. The molecule has 9 heteroatoms. The first-order chi connectivity index (χ1) is 17.5. The number of rotatable bonds is 8. The molecule has 3 aromatic heterocycles. The zero-order valence-corrected chi connectivity index (χ0v) is 21.7. The molecule has 3 aromatic rings. The normalized spacial score (nSPS) is 21.2. The lowest BCUT2D eigenvalue weighted by molar-refractivity contribution is 0.173. The number of nitrogens with zero attached hydrogens (tertiary/aromatic N) is 6. The molecule has 0 bridgehead atoms. The van der Waals surface area contributed by atoms with Gasteiger partial charge >= 0.3 is 0 Å². The Morgan fingerprint density at radius 3 is 2.56 bits per heavy atom. The van der Waals surface area contributed by atoms with Crippen LogP contribution in [-0.4, -0.2) is 69.7 Å². The largest absolute Gasteiger partial charge is 0.373 e. The van der Waals surface area contributed by atoms with Gasteiger partial charge in [0.1, 0.15) is 11.5 Å². The first-order valence-electron chi connectivity index (χ1n) is 13.3. The first-order valence-corrected chi connectivity index (χ1v) is 13.3. The molecule has 1 aliphatic heterocycles. The lowest BCUT2D eigenvalue weighted by Crippen LogP contribution is -2.54. The molecule has 1 saturated carbocycles. The fraction of sp³-hybridized carbons (Fsp3) is 0.556. The first kappa shape index (κ1) is 24.6. The summed E-state index contributed by atoms with van der Waals surface area (Å²) < 4.78 is 1.85. The Labute approximate surface area is 213 Å². The van der Waals surface area contributed by atoms with Crippen LogP contribution in [0.2, 0.25) is 0 Å². The van der Waals surface area contributed by atoms with Gasteiger partial charge in [0.25, 0.3) is 5.56 Å². The van der Waals surface area contributed by atoms with Gasteiger partial charge in [0.05, 0.1) is 11.9 Å². The quantitative estimate of drug-likeness (QED) is 0.495. The van der Waals surface area contributed by atoms with Crippen molar-refractivity contribution in [3.63, 3.8) is 0 Å². The molecular weight excluding hydrogens is 452 g/mol. The third-order valence-electron chi connectivity index (χ3n) is 7.39. The maximum absolute atomic E-state index is 12.6. The van der Waals surface area contributed by atoms with Gasteiger partial charge in [-0.15, -0.1) is 0 Å². The fourth-order valence-corrected chi connectivity index (χ4v) is 5.70. The minimum Gasteiger partial charge on any atom is -0.373 e. The molecule has 0 spiro atoms. The van der Waals surface area contributed by atoms with Crippen molar-refractivity contribution in [2.24, 2.45) is 0 Å². The summed E-state index contributed by atoms with van der Waals surface area (Å²) >= 11 is 0. The van der Waals surface area contributed by atoms with Crippen molar-refractivity contribution in [3.05, 3.63) is 47.0 Å². The van der Waals surface area contributed by atoms with Crippen LogP contribution in [0.3, 0.4) is 0 Å². The van der Waals surface area contributed by atoms with Crippen molar-refractivity contribution in [3.8, 4) is 0 Å². The van der Waals surface area contributed by atoms with E-state index in [9.17, 15) is 4.79 Å². The minimum atomic E-state index is 0.00513. The fourth-order valence-electron chi connectivity index (χ4n) is 5.70. The zero-order valence-electron chi connectivity index (χ0n) is 21.7. The number of hydrogen-bond donors (Lipinski definition) is 2. The van der Waals surface area contributed by atoms with Gasteiger partial charge in [-0.25, -0.2) is 9.97 Å². The van der Waals surface area contributed by atoms with Crippen molar-refractivity contribution in [2.75, 3.05) is 43.4 Å². The third-order valence-corrected chi connectivity index (χ3v) is 7.39. The van der Waals surface area contributed by atoms with Gasteiger partial charge < -0.3 is 20.4 Å². The van der Waals surface area contributed by atoms with E-state index < -0.39 is 0 Å². The summed E-state index contributed by atoms with van der Waals surface area (Å²) in [6.45, 7) is 8.83. The topological polar surface area (TPSA) is 91.2 Å². The van der Waals surface area contributed by atoms with Gasteiger partial charge in [-0.05, 0) is 57.9 Å². The van der Waals surface area contributed by atoms with Crippen molar-refractivity contribution in [2.45, 2.75) is 64.1 Å². The van der Waals surface area contributed by atoms with Crippen LogP contribution in [0.25, 0.3) is 11.0 Å². The average Bonchev–Trinajstić information content (AvgIpc) is 3.38. The number of piperazine rings is 1. The Kier molecular flexibility index (Phi) is 7.48. The van der Waals surface area contributed by atoms with Crippen molar-refractivity contribution >= 4 is 28.5 Å². The molecule has 2 fully saturated rings. The van der Waals surface area contributed by atoms with E-state index >= 15 is 0 Å². The lowest BCUT2D eigenvalue weighted by Gasteiger charge is -2.36. The Balaban J connectivity index is 1.21. The molecular formula is C27H38N8O. The molecule has 0 amide bonds. The number of aromatic nitrogens is 4. The van der Waals surface area contributed by atoms with E-state index in [-0.39, 0.29) is 11.6 Å². The predicted molar refractivity (Wildman–Crippen MR) is 145 cm³/mol. The molecule has 36 heavy (non-hydrogen) atoms. The molecule has 192 valence electrons. The van der Waals surface area contributed by atoms with Crippen molar-refractivity contribution in [1.82, 2.24) is 29.7 Å². The van der Waals surface area contributed by atoms with E-state index in [1.165, 1.54) is 0 Å². The van der Waals surface area contributed by atoms with E-state index in [4.69, 9.17) is 4.98 Å². The van der Waals surface area contributed by atoms with Gasteiger partial charge in [0.15, 0.2) is 0 Å². The standard InChI is InChI=1S/C27H38N8O/c1-19-17-34(18-20(2)30-19)14-6-13-33(3)23-10-11-24(28-16-23)31-27-29-15-21-9-12-25(36)35(26(21)32-27)22-7-4-5-8-22/h9-12,15-16,19-20,22,30H,4-8,13-14,17-18H2,1-3H3,(H,28,29,31,32). The molecule has 2 unspecified atom stereocenters. The molecule has 0 aromatic carbocycles. The number of pyridine rings is 2. The molecule has 4 heterocycles. The van der Waals surface area contributed by atoms with Crippen LogP contribution >= 0.6 is 0 Å². The highest BCUT2D eigenvalue weighted by Gasteiger charge is 2.21. The van der Waals surface area contributed by atoms with Gasteiger partial charge in [-0.2, -0.15) is 4.98 Å². The second kappa shape index (κ2) is 10.9. The van der Waals surface area contributed by atoms with Crippen LogP contribution in [0.1, 0.15) is 52.0 Å². The monoisotopic (exact) mass is 490 g/mol. The maximum Gasteiger partial charge on any atom is 0.252 e. The molecule has 2 N–H and O–H groups in total. The molecule has 2 atom stereocenters. The van der Waals surface area contributed by atoms with Crippen LogP contribution in [0.5, 0.6) is 0 Å². The van der Waals surface area contributed by atoms with E-state index in [0.29, 0.717) is 29.5 Å².